The van der Waals surface area contributed by atoms with Crippen LogP contribution in [0.3, 0.4) is 0 Å². The largest absolute Gasteiger partial charge is 0.481 e. The van der Waals surface area contributed by atoms with Gasteiger partial charge in [-0.25, -0.2) is 9.97 Å². The number of aliphatic hydroxyl groups excluding tert-OH is 1. The number of rotatable bonds is 13. The second-order valence-electron chi connectivity index (χ2n) is 7.66. The topological polar surface area (TPSA) is 123 Å². The molecule has 3 aromatic rings. The van der Waals surface area contributed by atoms with Crippen LogP contribution >= 0.6 is 0 Å². The first kappa shape index (κ1) is 24.6. The van der Waals surface area contributed by atoms with Crippen LogP contribution in [0.4, 0.5) is 5.82 Å². The molecule has 1 atom stereocenters. The van der Waals surface area contributed by atoms with E-state index in [1.165, 1.54) is 0 Å². The van der Waals surface area contributed by atoms with Gasteiger partial charge in [0.05, 0.1) is 37.2 Å². The van der Waals surface area contributed by atoms with Crippen molar-refractivity contribution in [1.82, 2.24) is 24.8 Å². The number of aromatic nitrogens is 4. The third-order valence-corrected chi connectivity index (χ3v) is 4.92. The Morgan fingerprint density at radius 3 is 2.73 bits per heavy atom. The fourth-order valence-corrected chi connectivity index (χ4v) is 3.28. The zero-order chi connectivity index (χ0) is 23.6. The molecule has 0 amide bonds. The molecule has 10 nitrogen and oxygen atoms in total. The summed E-state index contributed by atoms with van der Waals surface area (Å²) < 4.78 is 12.4. The normalized spacial score (nSPS) is 12.1. The first-order valence-corrected chi connectivity index (χ1v) is 11.1. The molecule has 0 saturated heterocycles. The molecular weight excluding hydrogens is 424 g/mol. The zero-order valence-corrected chi connectivity index (χ0v) is 19.4. The number of ether oxygens (including phenoxy) is 2. The minimum Gasteiger partial charge on any atom is -0.481 e. The number of hydrogen-bond acceptors (Lipinski definition) is 9. The summed E-state index contributed by atoms with van der Waals surface area (Å²) in [4.78, 5) is 26.5. The lowest BCUT2D eigenvalue weighted by molar-refractivity contribution is 0.127. The van der Waals surface area contributed by atoms with Gasteiger partial charge in [0.25, 0.3) is 5.56 Å². The molecule has 0 aromatic carbocycles. The molecule has 3 rings (SSSR count). The van der Waals surface area contributed by atoms with Gasteiger partial charge in [-0.1, -0.05) is 6.92 Å². The fourth-order valence-electron chi connectivity index (χ4n) is 3.28. The molecule has 0 aliphatic carbocycles. The summed E-state index contributed by atoms with van der Waals surface area (Å²) in [6.07, 6.45) is 3.83. The third kappa shape index (κ3) is 6.70. The van der Waals surface area contributed by atoms with Crippen LogP contribution in [-0.2, 0) is 11.3 Å². The first-order chi connectivity index (χ1) is 16.0. The van der Waals surface area contributed by atoms with Crippen molar-refractivity contribution in [3.8, 4) is 17.1 Å². The molecule has 3 N–H and O–H groups in total. The molecule has 33 heavy (non-hydrogen) atoms. The van der Waals surface area contributed by atoms with Crippen LogP contribution in [0.25, 0.3) is 22.3 Å². The number of methoxy groups -OCH3 is 1. The van der Waals surface area contributed by atoms with Gasteiger partial charge in [0.15, 0.2) is 5.82 Å². The van der Waals surface area contributed by atoms with Crippen molar-refractivity contribution in [3.05, 3.63) is 40.9 Å². The number of nitrogens with one attached hydrogen (secondary N) is 2. The van der Waals surface area contributed by atoms with Gasteiger partial charge in [-0.15, -0.1) is 0 Å². The van der Waals surface area contributed by atoms with Crippen molar-refractivity contribution in [2.45, 2.75) is 32.9 Å². The number of fused-ring (bicyclic) bond motifs is 1. The zero-order valence-electron chi connectivity index (χ0n) is 19.4. The quantitative estimate of drug-likeness (QED) is 0.330. The molecule has 0 unspecified atom stereocenters. The first-order valence-electron chi connectivity index (χ1n) is 11.1. The van der Waals surface area contributed by atoms with Gasteiger partial charge >= 0.3 is 0 Å². The van der Waals surface area contributed by atoms with E-state index in [-0.39, 0.29) is 11.4 Å². The van der Waals surface area contributed by atoms with Crippen molar-refractivity contribution in [3.63, 3.8) is 0 Å². The SMILES string of the molecule is CCCOCCn1c(=O)c(NCCNC[C@H](C)O)nc2cnc(-c3ccc(OC)nc3)cc21. The lowest BCUT2D eigenvalue weighted by Crippen LogP contribution is -2.32. The van der Waals surface area contributed by atoms with Crippen LogP contribution in [0, 0.1) is 0 Å². The molecular formula is C23H32N6O4. The van der Waals surface area contributed by atoms with Gasteiger partial charge in [0.2, 0.25) is 5.88 Å². The molecule has 178 valence electrons. The van der Waals surface area contributed by atoms with E-state index < -0.39 is 6.10 Å². The second-order valence-corrected chi connectivity index (χ2v) is 7.66. The minimum atomic E-state index is -0.426. The Labute approximate surface area is 193 Å². The Bertz CT molecular complexity index is 1080. The smallest absolute Gasteiger partial charge is 0.293 e. The van der Waals surface area contributed by atoms with Gasteiger partial charge in [-0.05, 0) is 25.5 Å². The molecule has 0 aliphatic rings. The van der Waals surface area contributed by atoms with Gasteiger partial charge in [0.1, 0.15) is 5.52 Å². The van der Waals surface area contributed by atoms with Crippen molar-refractivity contribution in [1.29, 1.82) is 0 Å². The van der Waals surface area contributed by atoms with Crippen molar-refractivity contribution in [2.75, 3.05) is 45.3 Å². The highest BCUT2D eigenvalue weighted by atomic mass is 16.5. The minimum absolute atomic E-state index is 0.219. The monoisotopic (exact) mass is 456 g/mol. The Morgan fingerprint density at radius 2 is 2.03 bits per heavy atom. The van der Waals surface area contributed by atoms with Crippen LogP contribution in [-0.4, -0.2) is 70.7 Å². The lowest BCUT2D eigenvalue weighted by atomic mass is 10.2. The summed E-state index contributed by atoms with van der Waals surface area (Å²) in [5, 5.41) is 15.6. The van der Waals surface area contributed by atoms with Crippen molar-refractivity contribution < 1.29 is 14.6 Å². The number of hydrogen-bond donors (Lipinski definition) is 3. The maximum absolute atomic E-state index is 13.2. The number of aliphatic hydroxyl groups is 1. The van der Waals surface area contributed by atoms with E-state index in [1.807, 2.05) is 19.1 Å². The predicted molar refractivity (Wildman–Crippen MR) is 128 cm³/mol. The number of anilines is 1. The van der Waals surface area contributed by atoms with E-state index in [9.17, 15) is 9.90 Å². The number of pyridine rings is 2. The molecule has 3 aromatic heterocycles. The van der Waals surface area contributed by atoms with Crippen LogP contribution in [0.15, 0.2) is 35.4 Å². The Kier molecular flexibility index (Phi) is 9.11. The van der Waals surface area contributed by atoms with Crippen LogP contribution in [0.2, 0.25) is 0 Å². The van der Waals surface area contributed by atoms with Crippen LogP contribution < -0.4 is 20.9 Å². The van der Waals surface area contributed by atoms with E-state index in [0.717, 1.165) is 12.0 Å². The van der Waals surface area contributed by atoms with Crippen molar-refractivity contribution >= 4 is 16.9 Å². The van der Waals surface area contributed by atoms with Crippen LogP contribution in [0.1, 0.15) is 20.3 Å². The standard InChI is InChI=1S/C23H32N6O4/c1-4-10-33-11-9-29-20-12-18(17-5-6-21(32-3)27-14-17)26-15-19(20)28-22(23(29)31)25-8-7-24-13-16(2)30/h5-6,12,14-16,24,30H,4,7-11,13H2,1-3H3,(H,25,28)/t16-/m0/s1. The highest BCUT2D eigenvalue weighted by Gasteiger charge is 2.13. The van der Waals surface area contributed by atoms with Crippen molar-refractivity contribution in [2.24, 2.45) is 0 Å². The molecule has 3 heterocycles. The Hall–Kier alpha value is -3.08. The van der Waals surface area contributed by atoms with Gasteiger partial charge in [-0.2, -0.15) is 0 Å². The molecule has 0 radical (unpaired) electrons. The number of nitrogens with zero attached hydrogens (tertiary/aromatic N) is 4. The molecule has 0 saturated carbocycles. The molecule has 10 heteroatoms. The molecule has 0 spiro atoms. The second kappa shape index (κ2) is 12.2. The Balaban J connectivity index is 1.90. The molecule has 0 bridgehead atoms. The Morgan fingerprint density at radius 1 is 1.18 bits per heavy atom. The third-order valence-electron chi connectivity index (χ3n) is 4.92. The highest BCUT2D eigenvalue weighted by Crippen LogP contribution is 2.22. The van der Waals surface area contributed by atoms with E-state index >= 15 is 0 Å². The lowest BCUT2D eigenvalue weighted by Gasteiger charge is -2.14. The summed E-state index contributed by atoms with van der Waals surface area (Å²) in [6, 6.07) is 5.49. The maximum Gasteiger partial charge on any atom is 0.293 e. The van der Waals surface area contributed by atoms with Gasteiger partial charge in [0, 0.05) is 50.6 Å². The van der Waals surface area contributed by atoms with Gasteiger partial charge in [-0.3, -0.25) is 9.78 Å². The summed E-state index contributed by atoms with van der Waals surface area (Å²) in [5.74, 6) is 0.780. The van der Waals surface area contributed by atoms with E-state index in [0.29, 0.717) is 62.0 Å². The van der Waals surface area contributed by atoms with Crippen LogP contribution in [0.5, 0.6) is 5.88 Å². The van der Waals surface area contributed by atoms with E-state index in [1.54, 1.807) is 37.1 Å². The summed E-state index contributed by atoms with van der Waals surface area (Å²) in [7, 11) is 1.57. The maximum atomic E-state index is 13.2. The average molecular weight is 457 g/mol. The van der Waals surface area contributed by atoms with E-state index in [4.69, 9.17) is 9.47 Å². The average Bonchev–Trinajstić information content (AvgIpc) is 2.82. The fraction of sp³-hybridized carbons (Fsp3) is 0.478. The summed E-state index contributed by atoms with van der Waals surface area (Å²) in [5.41, 5.74) is 2.56. The summed E-state index contributed by atoms with van der Waals surface area (Å²) in [6.45, 7) is 6.79. The molecule has 0 aliphatic heterocycles. The van der Waals surface area contributed by atoms with Gasteiger partial charge < -0.3 is 29.8 Å². The summed E-state index contributed by atoms with van der Waals surface area (Å²) >= 11 is 0. The predicted octanol–water partition coefficient (Wildman–Crippen LogP) is 1.67. The van der Waals surface area contributed by atoms with E-state index in [2.05, 4.69) is 25.6 Å². The molecule has 0 fully saturated rings. The highest BCUT2D eigenvalue weighted by molar-refractivity contribution is 5.80.